The minimum Gasteiger partial charge on any atom is -0.469 e. The van der Waals surface area contributed by atoms with Crippen LogP contribution in [0.15, 0.2) is 35.8 Å². The number of nitrogens with zero attached hydrogens (tertiary/aromatic N) is 4. The molecule has 6 N–H and O–H groups in total. The molecule has 0 unspecified atom stereocenters. The summed E-state index contributed by atoms with van der Waals surface area (Å²) in [5.41, 5.74) is 13.0. The first-order chi connectivity index (χ1) is 17.2. The lowest BCUT2D eigenvalue weighted by atomic mass is 10.1. The molecular formula is C24H36N8O4. The number of amidine groups is 1. The van der Waals surface area contributed by atoms with Crippen LogP contribution in [0.4, 0.5) is 4.79 Å². The van der Waals surface area contributed by atoms with Gasteiger partial charge in [0.1, 0.15) is 11.5 Å². The highest BCUT2D eigenvalue weighted by Gasteiger charge is 2.31. The maximum Gasteiger partial charge on any atom is 0.327 e. The molecule has 2 heterocycles. The van der Waals surface area contributed by atoms with E-state index in [0.717, 1.165) is 37.3 Å². The normalized spacial score (nSPS) is 16.7. The van der Waals surface area contributed by atoms with Crippen LogP contribution in [0.5, 0.6) is 0 Å². The molecule has 2 aliphatic rings. The van der Waals surface area contributed by atoms with E-state index >= 15 is 0 Å². The number of amides is 3. The predicted molar refractivity (Wildman–Crippen MR) is 134 cm³/mol. The molecule has 12 nitrogen and oxygen atoms in total. The molecule has 0 aromatic heterocycles. The number of methoxy groups -OCH3 is 1. The van der Waals surface area contributed by atoms with Crippen molar-refractivity contribution in [2.24, 2.45) is 11.5 Å². The average Bonchev–Trinajstić information content (AvgIpc) is 3.14. The number of likely N-dealkylation sites (N-methyl/N-ethyl adjacent to an activating group) is 1. The second kappa shape index (κ2) is 12.4. The Balaban J connectivity index is 1.64. The van der Waals surface area contributed by atoms with Crippen molar-refractivity contribution in [2.75, 3.05) is 60.0 Å². The molecule has 0 atom stereocenters. The zero-order valence-electron chi connectivity index (χ0n) is 21.0. The summed E-state index contributed by atoms with van der Waals surface area (Å²) >= 11 is 0. The van der Waals surface area contributed by atoms with Crippen molar-refractivity contribution in [1.29, 1.82) is 5.41 Å². The van der Waals surface area contributed by atoms with Gasteiger partial charge in [-0.25, -0.2) is 4.79 Å². The number of benzene rings is 1. The number of rotatable bonds is 10. The second-order valence-corrected chi connectivity index (χ2v) is 9.08. The Morgan fingerprint density at radius 3 is 2.33 bits per heavy atom. The monoisotopic (exact) mass is 500 g/mol. The summed E-state index contributed by atoms with van der Waals surface area (Å²) in [5.74, 6) is -0.490. The topological polar surface area (TPSA) is 161 Å². The summed E-state index contributed by atoms with van der Waals surface area (Å²) in [6.45, 7) is 4.88. The van der Waals surface area contributed by atoms with Crippen LogP contribution in [0, 0.1) is 5.41 Å². The first kappa shape index (κ1) is 27.0. The van der Waals surface area contributed by atoms with Crippen molar-refractivity contribution in [1.82, 2.24) is 24.9 Å². The van der Waals surface area contributed by atoms with Crippen LogP contribution in [0.1, 0.15) is 17.5 Å². The molecular weight excluding hydrogens is 464 g/mol. The van der Waals surface area contributed by atoms with Gasteiger partial charge >= 0.3 is 12.0 Å². The number of carbonyl (C=O) groups excluding carboxylic acids is 3. The zero-order chi connectivity index (χ0) is 26.2. The Labute approximate surface area is 211 Å². The summed E-state index contributed by atoms with van der Waals surface area (Å²) in [6, 6.07) is 7.06. The summed E-state index contributed by atoms with van der Waals surface area (Å²) in [4.78, 5) is 44.5. The molecule has 0 saturated carbocycles. The van der Waals surface area contributed by atoms with Gasteiger partial charge in [-0.2, -0.15) is 0 Å². The Hall–Kier alpha value is -3.64. The maximum absolute atomic E-state index is 13.3. The van der Waals surface area contributed by atoms with Gasteiger partial charge in [0.25, 0.3) is 0 Å². The highest BCUT2D eigenvalue weighted by Crippen LogP contribution is 2.14. The lowest BCUT2D eigenvalue weighted by Crippen LogP contribution is -2.49. The van der Waals surface area contributed by atoms with Crippen LogP contribution >= 0.6 is 0 Å². The molecule has 2 aliphatic heterocycles. The van der Waals surface area contributed by atoms with E-state index in [0.29, 0.717) is 26.1 Å². The van der Waals surface area contributed by atoms with Gasteiger partial charge in [-0.05, 0) is 24.6 Å². The first-order valence-electron chi connectivity index (χ1n) is 11.9. The largest absolute Gasteiger partial charge is 0.469 e. The van der Waals surface area contributed by atoms with Gasteiger partial charge in [-0.15, -0.1) is 0 Å². The number of hydrogen-bond acceptors (Lipinski definition) is 9. The number of esters is 1. The molecule has 1 aromatic rings. The van der Waals surface area contributed by atoms with Gasteiger partial charge in [-0.1, -0.05) is 24.3 Å². The van der Waals surface area contributed by atoms with Crippen LogP contribution in [0.25, 0.3) is 0 Å². The fourth-order valence-electron chi connectivity index (χ4n) is 4.12. The number of urea groups is 1. The van der Waals surface area contributed by atoms with Crippen LogP contribution < -0.4 is 16.8 Å². The highest BCUT2D eigenvalue weighted by molar-refractivity contribution is 6.13. The number of nitrogens with two attached hydrogens (primary N) is 2. The van der Waals surface area contributed by atoms with Crippen molar-refractivity contribution in [3.63, 3.8) is 0 Å². The molecule has 3 rings (SSSR count). The fraction of sp³-hybridized carbons (Fsp3) is 0.500. The Morgan fingerprint density at radius 2 is 1.75 bits per heavy atom. The molecule has 196 valence electrons. The average molecular weight is 501 g/mol. The second-order valence-electron chi connectivity index (χ2n) is 9.08. The van der Waals surface area contributed by atoms with Gasteiger partial charge in [0.05, 0.1) is 20.1 Å². The standard InChI is InChI=1S/C24H36N8O4/c1-29-10-12-30(13-11-29)16-19(33)31(15-18-6-4-17(5-7-18)14-20(34)36-2)8-3-9-32-23(27)21(22(25)26)28-24(32)35/h4-7,27H,3,8-16,25-26H2,1-2H3,(H,28,35). The van der Waals surface area contributed by atoms with E-state index in [1.807, 2.05) is 24.3 Å². The van der Waals surface area contributed by atoms with E-state index in [1.54, 1.807) is 4.90 Å². The van der Waals surface area contributed by atoms with E-state index in [4.69, 9.17) is 21.6 Å². The van der Waals surface area contributed by atoms with Crippen molar-refractivity contribution >= 4 is 23.7 Å². The van der Waals surface area contributed by atoms with Crippen molar-refractivity contribution in [2.45, 2.75) is 19.4 Å². The van der Waals surface area contributed by atoms with E-state index in [2.05, 4.69) is 22.2 Å². The molecule has 12 heteroatoms. The lowest BCUT2D eigenvalue weighted by Gasteiger charge is -2.33. The maximum atomic E-state index is 13.3. The van der Waals surface area contributed by atoms with Crippen LogP contribution in [0.2, 0.25) is 0 Å². The molecule has 0 bridgehead atoms. The summed E-state index contributed by atoms with van der Waals surface area (Å²) < 4.78 is 4.72. The van der Waals surface area contributed by atoms with Crippen molar-refractivity contribution in [3.8, 4) is 0 Å². The third-order valence-electron chi connectivity index (χ3n) is 6.36. The molecule has 0 spiro atoms. The van der Waals surface area contributed by atoms with Crippen molar-refractivity contribution < 1.29 is 19.1 Å². The van der Waals surface area contributed by atoms with Crippen molar-refractivity contribution in [3.05, 3.63) is 46.9 Å². The van der Waals surface area contributed by atoms with Crippen LogP contribution in [-0.4, -0.2) is 103 Å². The number of carbonyl (C=O) groups is 3. The summed E-state index contributed by atoms with van der Waals surface area (Å²) in [6.07, 6.45) is 0.666. The van der Waals surface area contributed by atoms with Crippen LogP contribution in [0.3, 0.4) is 0 Å². The van der Waals surface area contributed by atoms with Gasteiger partial charge in [0.2, 0.25) is 5.91 Å². The molecule has 2 saturated heterocycles. The molecule has 0 aliphatic carbocycles. The Morgan fingerprint density at radius 1 is 1.11 bits per heavy atom. The number of ether oxygens (including phenoxy) is 1. The quantitative estimate of drug-likeness (QED) is 0.311. The minimum atomic E-state index is -0.458. The minimum absolute atomic E-state index is 0.00549. The number of piperazine rings is 1. The zero-order valence-corrected chi connectivity index (χ0v) is 21.0. The van der Waals surface area contributed by atoms with Gasteiger partial charge < -0.3 is 31.3 Å². The van der Waals surface area contributed by atoms with E-state index < -0.39 is 6.03 Å². The third-order valence-corrected chi connectivity index (χ3v) is 6.36. The fourth-order valence-corrected chi connectivity index (χ4v) is 4.12. The summed E-state index contributed by atoms with van der Waals surface area (Å²) in [5, 5.41) is 10.6. The highest BCUT2D eigenvalue weighted by atomic mass is 16.5. The third kappa shape index (κ3) is 7.18. The van der Waals surface area contributed by atoms with Crippen LogP contribution in [-0.2, 0) is 27.3 Å². The molecule has 0 radical (unpaired) electrons. The predicted octanol–water partition coefficient (Wildman–Crippen LogP) is -0.543. The van der Waals surface area contributed by atoms with E-state index in [9.17, 15) is 14.4 Å². The van der Waals surface area contributed by atoms with Gasteiger partial charge in [-0.3, -0.25) is 24.8 Å². The molecule has 36 heavy (non-hydrogen) atoms. The molecule has 1 aromatic carbocycles. The Kier molecular flexibility index (Phi) is 9.25. The number of hydrogen-bond donors (Lipinski definition) is 4. The van der Waals surface area contributed by atoms with E-state index in [-0.39, 0.29) is 42.2 Å². The molecule has 3 amide bonds. The lowest BCUT2D eigenvalue weighted by molar-refractivity contribution is -0.139. The molecule has 2 fully saturated rings. The number of nitrogens with one attached hydrogen (secondary N) is 2. The van der Waals surface area contributed by atoms with Gasteiger partial charge in [0, 0.05) is 45.8 Å². The SMILES string of the molecule is COC(=O)Cc1ccc(CN(CCCN2C(=N)C(=C(N)N)NC2=O)C(=O)CN2CCN(C)CC2)cc1. The van der Waals surface area contributed by atoms with E-state index in [1.165, 1.54) is 12.0 Å². The Bertz CT molecular complexity index is 998. The first-order valence-corrected chi connectivity index (χ1v) is 11.9. The summed E-state index contributed by atoms with van der Waals surface area (Å²) in [7, 11) is 3.43. The van der Waals surface area contributed by atoms with Gasteiger partial charge in [0.15, 0.2) is 5.84 Å². The smallest absolute Gasteiger partial charge is 0.327 e.